The Bertz CT molecular complexity index is 888. The van der Waals surface area contributed by atoms with Crippen molar-refractivity contribution in [3.8, 4) is 11.5 Å². The lowest BCUT2D eigenvalue weighted by atomic mass is 9.92. The highest BCUT2D eigenvalue weighted by atomic mass is 16.5. The van der Waals surface area contributed by atoms with Crippen LogP contribution in [0.2, 0.25) is 0 Å². The molecular formula is C24H28N2O5. The number of hydrogen-bond donors (Lipinski definition) is 1. The van der Waals surface area contributed by atoms with Crippen LogP contribution in [0, 0.1) is 11.8 Å². The lowest BCUT2D eigenvalue weighted by molar-refractivity contribution is -0.152. The Morgan fingerprint density at radius 2 is 1.55 bits per heavy atom. The topological polar surface area (TPSA) is 84.9 Å². The minimum absolute atomic E-state index is 0.202. The van der Waals surface area contributed by atoms with Gasteiger partial charge in [0, 0.05) is 18.7 Å². The van der Waals surface area contributed by atoms with Crippen molar-refractivity contribution in [1.82, 2.24) is 10.2 Å². The number of amides is 2. The van der Waals surface area contributed by atoms with Gasteiger partial charge in [0.25, 0.3) is 11.8 Å². The number of benzene rings is 2. The molecule has 1 N–H and O–H groups in total. The summed E-state index contributed by atoms with van der Waals surface area (Å²) in [6.45, 7) is 4.97. The number of piperidine rings is 1. The number of carbonyl (C=O) groups excluding carboxylic acids is 3. The molecule has 0 aliphatic carbocycles. The first-order valence-electron chi connectivity index (χ1n) is 10.4. The van der Waals surface area contributed by atoms with E-state index >= 15 is 0 Å². The molecule has 1 heterocycles. The van der Waals surface area contributed by atoms with Gasteiger partial charge in [-0.1, -0.05) is 32.0 Å². The van der Waals surface area contributed by atoms with Crippen molar-refractivity contribution >= 4 is 17.8 Å². The van der Waals surface area contributed by atoms with Crippen LogP contribution in [0.15, 0.2) is 54.6 Å². The summed E-state index contributed by atoms with van der Waals surface area (Å²) >= 11 is 0. The third-order valence-corrected chi connectivity index (χ3v) is 5.07. The van der Waals surface area contributed by atoms with Gasteiger partial charge in [0.1, 0.15) is 18.0 Å². The molecule has 7 heteroatoms. The van der Waals surface area contributed by atoms with Crippen LogP contribution in [0.3, 0.4) is 0 Å². The molecule has 1 aliphatic rings. The molecule has 2 aromatic carbocycles. The minimum Gasteiger partial charge on any atom is -0.457 e. The number of hydrogen-bond acceptors (Lipinski definition) is 5. The third-order valence-electron chi connectivity index (χ3n) is 5.07. The normalized spacial score (nSPS) is 18.2. The predicted octanol–water partition coefficient (Wildman–Crippen LogP) is 3.26. The maximum absolute atomic E-state index is 12.3. The monoisotopic (exact) mass is 424 g/mol. The Morgan fingerprint density at radius 3 is 2.19 bits per heavy atom. The number of nitrogens with zero attached hydrogens (tertiary/aromatic N) is 1. The molecule has 2 atom stereocenters. The van der Waals surface area contributed by atoms with E-state index in [2.05, 4.69) is 19.2 Å². The Kier molecular flexibility index (Phi) is 7.65. The maximum atomic E-state index is 12.3. The fourth-order valence-electron chi connectivity index (χ4n) is 3.70. The van der Waals surface area contributed by atoms with E-state index in [0.717, 1.165) is 6.42 Å². The van der Waals surface area contributed by atoms with Gasteiger partial charge < -0.3 is 19.7 Å². The summed E-state index contributed by atoms with van der Waals surface area (Å²) in [6, 6.07) is 15.9. The van der Waals surface area contributed by atoms with Gasteiger partial charge in [-0.25, -0.2) is 0 Å². The van der Waals surface area contributed by atoms with Crippen molar-refractivity contribution in [1.29, 1.82) is 0 Å². The number of esters is 1. The van der Waals surface area contributed by atoms with E-state index in [0.29, 0.717) is 42.0 Å². The average Bonchev–Trinajstić information content (AvgIpc) is 2.76. The van der Waals surface area contributed by atoms with Gasteiger partial charge in [0.15, 0.2) is 6.61 Å². The fourth-order valence-corrected chi connectivity index (χ4v) is 3.70. The number of likely N-dealkylation sites (tertiary alicyclic amines) is 1. The van der Waals surface area contributed by atoms with E-state index in [1.165, 1.54) is 0 Å². The summed E-state index contributed by atoms with van der Waals surface area (Å²) in [6.07, 6.45) is 1.09. The first-order valence-corrected chi connectivity index (χ1v) is 10.4. The molecule has 1 aliphatic heterocycles. The minimum atomic E-state index is -0.649. The maximum Gasteiger partial charge on any atom is 0.325 e. The second kappa shape index (κ2) is 10.6. The first kappa shape index (κ1) is 22.3. The molecule has 0 bridgehead atoms. The molecule has 2 amide bonds. The number of carbonyl (C=O) groups is 3. The van der Waals surface area contributed by atoms with Gasteiger partial charge in [0.2, 0.25) is 0 Å². The second-order valence-corrected chi connectivity index (χ2v) is 8.03. The van der Waals surface area contributed by atoms with Gasteiger partial charge in [-0.3, -0.25) is 14.4 Å². The summed E-state index contributed by atoms with van der Waals surface area (Å²) in [5.74, 6) is 0.913. The largest absolute Gasteiger partial charge is 0.457 e. The first-order chi connectivity index (χ1) is 14.9. The van der Waals surface area contributed by atoms with Gasteiger partial charge in [0.05, 0.1) is 0 Å². The Hall–Kier alpha value is -3.35. The molecule has 164 valence electrons. The zero-order chi connectivity index (χ0) is 22.2. The molecule has 0 unspecified atom stereocenters. The highest BCUT2D eigenvalue weighted by molar-refractivity contribution is 5.96. The summed E-state index contributed by atoms with van der Waals surface area (Å²) in [4.78, 5) is 38.2. The Labute approximate surface area is 182 Å². The van der Waals surface area contributed by atoms with Crippen molar-refractivity contribution in [2.24, 2.45) is 11.8 Å². The van der Waals surface area contributed by atoms with Crippen molar-refractivity contribution in [3.63, 3.8) is 0 Å². The average molecular weight is 424 g/mol. The number of ether oxygens (including phenoxy) is 2. The van der Waals surface area contributed by atoms with E-state index in [9.17, 15) is 14.4 Å². The SMILES string of the molecule is C[C@@H]1C[C@@H](C)CN(C(=O)COC(=O)CNC(=O)c2ccc(Oc3ccccc3)cc2)C1. The van der Waals surface area contributed by atoms with Crippen LogP contribution in [0.4, 0.5) is 0 Å². The van der Waals surface area contributed by atoms with E-state index in [1.54, 1.807) is 29.2 Å². The van der Waals surface area contributed by atoms with Crippen LogP contribution in [0.5, 0.6) is 11.5 Å². The molecule has 1 fully saturated rings. The van der Waals surface area contributed by atoms with Crippen LogP contribution in [-0.2, 0) is 14.3 Å². The van der Waals surface area contributed by atoms with Crippen molar-refractivity contribution < 1.29 is 23.9 Å². The quantitative estimate of drug-likeness (QED) is 0.690. The molecule has 7 nitrogen and oxygen atoms in total. The molecule has 1 saturated heterocycles. The Morgan fingerprint density at radius 1 is 0.935 bits per heavy atom. The summed E-state index contributed by atoms with van der Waals surface area (Å²) in [5.41, 5.74) is 0.389. The van der Waals surface area contributed by atoms with Gasteiger partial charge in [-0.05, 0) is 54.7 Å². The predicted molar refractivity (Wildman–Crippen MR) is 116 cm³/mol. The van der Waals surface area contributed by atoms with Crippen molar-refractivity contribution in [2.75, 3.05) is 26.2 Å². The van der Waals surface area contributed by atoms with Crippen LogP contribution < -0.4 is 10.1 Å². The highest BCUT2D eigenvalue weighted by Crippen LogP contribution is 2.22. The molecule has 0 spiro atoms. The zero-order valence-electron chi connectivity index (χ0n) is 17.9. The summed E-state index contributed by atoms with van der Waals surface area (Å²) < 4.78 is 10.7. The molecule has 3 rings (SSSR count). The zero-order valence-corrected chi connectivity index (χ0v) is 17.9. The fraction of sp³-hybridized carbons (Fsp3) is 0.375. The van der Waals surface area contributed by atoms with Gasteiger partial charge in [-0.2, -0.15) is 0 Å². The van der Waals surface area contributed by atoms with Crippen molar-refractivity contribution in [2.45, 2.75) is 20.3 Å². The van der Waals surface area contributed by atoms with E-state index in [1.807, 2.05) is 30.3 Å². The van der Waals surface area contributed by atoms with Crippen LogP contribution >= 0.6 is 0 Å². The number of nitrogens with one attached hydrogen (secondary N) is 1. The van der Waals surface area contributed by atoms with E-state index in [4.69, 9.17) is 9.47 Å². The van der Waals surface area contributed by atoms with E-state index < -0.39 is 11.9 Å². The van der Waals surface area contributed by atoms with Crippen LogP contribution in [0.25, 0.3) is 0 Å². The third kappa shape index (κ3) is 6.84. The smallest absolute Gasteiger partial charge is 0.325 e. The van der Waals surface area contributed by atoms with E-state index in [-0.39, 0.29) is 19.1 Å². The lowest BCUT2D eigenvalue weighted by Crippen LogP contribution is -2.44. The van der Waals surface area contributed by atoms with Gasteiger partial charge in [-0.15, -0.1) is 0 Å². The standard InChI is InChI=1S/C24H28N2O5/c1-17-12-18(2)15-26(14-17)22(27)16-30-23(28)13-25-24(29)19-8-10-21(11-9-19)31-20-6-4-3-5-7-20/h3-11,17-18H,12-16H2,1-2H3,(H,25,29)/t17-,18-/m1/s1. The van der Waals surface area contributed by atoms with Crippen LogP contribution in [0.1, 0.15) is 30.6 Å². The highest BCUT2D eigenvalue weighted by Gasteiger charge is 2.25. The molecule has 31 heavy (non-hydrogen) atoms. The van der Waals surface area contributed by atoms with Gasteiger partial charge >= 0.3 is 5.97 Å². The van der Waals surface area contributed by atoms with Crippen LogP contribution in [-0.4, -0.2) is 48.9 Å². The number of para-hydroxylation sites is 1. The van der Waals surface area contributed by atoms with Crippen molar-refractivity contribution in [3.05, 3.63) is 60.2 Å². The molecule has 0 aromatic heterocycles. The Balaban J connectivity index is 1.40. The summed E-state index contributed by atoms with van der Waals surface area (Å²) in [5, 5.41) is 2.51. The summed E-state index contributed by atoms with van der Waals surface area (Å²) in [7, 11) is 0. The lowest BCUT2D eigenvalue weighted by Gasteiger charge is -2.34. The molecule has 2 aromatic rings. The molecular weight excluding hydrogens is 396 g/mol. The second-order valence-electron chi connectivity index (χ2n) is 8.03. The molecule has 0 saturated carbocycles. The number of rotatable bonds is 7. The molecule has 0 radical (unpaired) electrons.